The first kappa shape index (κ1) is 59.1. The van der Waals surface area contributed by atoms with Gasteiger partial charge in [-0.3, -0.25) is 28.8 Å². The molecule has 3 aromatic carbocycles. The Morgan fingerprint density at radius 1 is 0.380 bits per heavy atom. The Hall–Kier alpha value is -6.24. The maximum Gasteiger partial charge on any atom is 0.309 e. The lowest BCUT2D eigenvalue weighted by atomic mass is 9.79. The molecule has 392 valence electrons. The predicted octanol–water partition coefficient (Wildman–Crippen LogP) is 6.89. The summed E-state index contributed by atoms with van der Waals surface area (Å²) in [5.74, 6) is -2.83. The molecule has 0 amide bonds. The highest BCUT2D eigenvalue weighted by atomic mass is 16.6. The average molecular weight is 994 g/mol. The third-order valence-electron chi connectivity index (χ3n) is 11.3. The van der Waals surface area contributed by atoms with Crippen molar-refractivity contribution in [2.75, 3.05) is 116 Å². The standard InChI is InChI=1S/2C19H27NO5.C15H21NO5/c1-23-13-14-25-19(22)17-10-6-5-9-16(17)18(21)24-12-11-20-15-7-3-2-4-8-15;1-23-13-14-25-19(22)16-9-7-15(8-10-16)18(21)24-12-11-20-17-5-3-2-4-6-17;1-19-11-12-21-15(18)8-7-14(17)20-10-9-16-13-5-3-2-4-6-13/h2-4,7-8,16-17,20H,5-6,9-14H2,1H3;2-6,15-16,20H,7-14H2,1H3;2-6,16H,7-12H2,1H3. The number of benzene rings is 3. The highest BCUT2D eigenvalue weighted by molar-refractivity contribution is 5.82. The van der Waals surface area contributed by atoms with Gasteiger partial charge in [0.05, 0.1) is 56.3 Å². The zero-order chi connectivity index (χ0) is 51.2. The zero-order valence-electron chi connectivity index (χ0n) is 41.6. The van der Waals surface area contributed by atoms with Crippen molar-refractivity contribution in [3.63, 3.8) is 0 Å². The molecule has 18 heteroatoms. The molecule has 0 radical (unpaired) electrons. The molecule has 2 aliphatic carbocycles. The number of ether oxygens (including phenoxy) is 9. The van der Waals surface area contributed by atoms with Gasteiger partial charge in [-0.1, -0.05) is 67.4 Å². The Labute approximate surface area is 418 Å². The van der Waals surface area contributed by atoms with Crippen LogP contribution in [-0.2, 0) is 71.4 Å². The Kier molecular flexibility index (Phi) is 31.3. The number of para-hydroxylation sites is 3. The summed E-state index contributed by atoms with van der Waals surface area (Å²) in [5.41, 5.74) is 2.96. The first-order valence-electron chi connectivity index (χ1n) is 24.5. The third kappa shape index (κ3) is 26.5. The fourth-order valence-corrected chi connectivity index (χ4v) is 7.47. The monoisotopic (exact) mass is 994 g/mol. The Balaban J connectivity index is 0.000000283. The van der Waals surface area contributed by atoms with Gasteiger partial charge in [-0.15, -0.1) is 0 Å². The van der Waals surface area contributed by atoms with Crippen LogP contribution in [0.25, 0.3) is 0 Å². The number of anilines is 3. The van der Waals surface area contributed by atoms with Gasteiger partial charge in [0.15, 0.2) is 0 Å². The lowest BCUT2D eigenvalue weighted by Crippen LogP contribution is -2.36. The van der Waals surface area contributed by atoms with Gasteiger partial charge in [-0.05, 0) is 74.9 Å². The van der Waals surface area contributed by atoms with E-state index in [1.165, 1.54) is 7.11 Å². The Morgan fingerprint density at radius 3 is 1.04 bits per heavy atom. The summed E-state index contributed by atoms with van der Waals surface area (Å²) in [6.45, 7) is 4.32. The Morgan fingerprint density at radius 2 is 0.676 bits per heavy atom. The second-order valence-corrected chi connectivity index (χ2v) is 16.5. The van der Waals surface area contributed by atoms with Crippen molar-refractivity contribution in [1.82, 2.24) is 0 Å². The van der Waals surface area contributed by atoms with Gasteiger partial charge < -0.3 is 58.6 Å². The summed E-state index contributed by atoms with van der Waals surface area (Å²) in [4.78, 5) is 71.2. The van der Waals surface area contributed by atoms with Crippen LogP contribution in [0.5, 0.6) is 0 Å². The molecule has 3 aromatic rings. The summed E-state index contributed by atoms with van der Waals surface area (Å²) >= 11 is 0. The molecule has 2 aliphatic rings. The summed E-state index contributed by atoms with van der Waals surface area (Å²) < 4.78 is 45.4. The minimum atomic E-state index is -0.425. The molecule has 18 nitrogen and oxygen atoms in total. The van der Waals surface area contributed by atoms with Crippen LogP contribution in [0.3, 0.4) is 0 Å². The third-order valence-corrected chi connectivity index (χ3v) is 11.3. The second-order valence-electron chi connectivity index (χ2n) is 16.5. The second kappa shape index (κ2) is 37.6. The van der Waals surface area contributed by atoms with Gasteiger partial charge >= 0.3 is 35.8 Å². The zero-order valence-corrected chi connectivity index (χ0v) is 41.6. The molecule has 0 spiro atoms. The average Bonchev–Trinajstić information content (AvgIpc) is 3.41. The van der Waals surface area contributed by atoms with E-state index in [4.69, 9.17) is 42.6 Å². The topological polar surface area (TPSA) is 222 Å². The predicted molar refractivity (Wildman–Crippen MR) is 266 cm³/mol. The van der Waals surface area contributed by atoms with Gasteiger partial charge in [0.1, 0.15) is 39.6 Å². The summed E-state index contributed by atoms with van der Waals surface area (Å²) in [5, 5.41) is 9.51. The number of carbonyl (C=O) groups is 6. The van der Waals surface area contributed by atoms with E-state index < -0.39 is 23.8 Å². The van der Waals surface area contributed by atoms with E-state index in [0.29, 0.717) is 84.6 Å². The lowest BCUT2D eigenvalue weighted by molar-refractivity contribution is -0.163. The molecule has 71 heavy (non-hydrogen) atoms. The van der Waals surface area contributed by atoms with Crippen LogP contribution in [-0.4, -0.2) is 136 Å². The fraction of sp³-hybridized carbons (Fsp3) is 0.547. The van der Waals surface area contributed by atoms with E-state index in [9.17, 15) is 28.8 Å². The van der Waals surface area contributed by atoms with Crippen LogP contribution < -0.4 is 16.0 Å². The highest BCUT2D eigenvalue weighted by Crippen LogP contribution is 2.32. The minimum Gasteiger partial charge on any atom is -0.464 e. The molecule has 3 N–H and O–H groups in total. The Bertz CT molecular complexity index is 1920. The van der Waals surface area contributed by atoms with Crippen LogP contribution in [0, 0.1) is 23.7 Å². The normalized spacial score (nSPS) is 16.9. The fourth-order valence-electron chi connectivity index (χ4n) is 7.47. The van der Waals surface area contributed by atoms with E-state index in [1.807, 2.05) is 91.0 Å². The van der Waals surface area contributed by atoms with Crippen LogP contribution in [0.4, 0.5) is 17.1 Å². The van der Waals surface area contributed by atoms with Gasteiger partial charge in [-0.25, -0.2) is 0 Å². The molecule has 0 aliphatic heterocycles. The van der Waals surface area contributed by atoms with Gasteiger partial charge in [-0.2, -0.15) is 0 Å². The quantitative estimate of drug-likeness (QED) is 0.0383. The number of esters is 6. The molecule has 5 rings (SSSR count). The van der Waals surface area contributed by atoms with Crippen molar-refractivity contribution in [3.8, 4) is 0 Å². The molecule has 0 saturated heterocycles. The number of carbonyl (C=O) groups excluding carboxylic acids is 6. The number of nitrogens with one attached hydrogen (secondary N) is 3. The van der Waals surface area contributed by atoms with Crippen molar-refractivity contribution in [1.29, 1.82) is 0 Å². The first-order chi connectivity index (χ1) is 34.6. The van der Waals surface area contributed by atoms with Crippen molar-refractivity contribution in [2.24, 2.45) is 23.7 Å². The van der Waals surface area contributed by atoms with Gasteiger partial charge in [0.2, 0.25) is 0 Å². The molecule has 0 aromatic heterocycles. The maximum atomic E-state index is 12.4. The van der Waals surface area contributed by atoms with E-state index >= 15 is 0 Å². The summed E-state index contributed by atoms with van der Waals surface area (Å²) in [6.07, 6.45) is 5.97. The molecule has 0 bridgehead atoms. The van der Waals surface area contributed by atoms with E-state index in [1.54, 1.807) is 14.2 Å². The molecular weight excluding hydrogens is 919 g/mol. The summed E-state index contributed by atoms with van der Waals surface area (Å²) in [6, 6.07) is 29.1. The molecule has 2 unspecified atom stereocenters. The van der Waals surface area contributed by atoms with Crippen LogP contribution >= 0.6 is 0 Å². The minimum absolute atomic E-state index is 0.0225. The molecule has 2 saturated carbocycles. The van der Waals surface area contributed by atoms with Crippen molar-refractivity contribution in [3.05, 3.63) is 91.0 Å². The van der Waals surface area contributed by atoms with Crippen molar-refractivity contribution < 1.29 is 71.4 Å². The van der Waals surface area contributed by atoms with Crippen molar-refractivity contribution in [2.45, 2.75) is 64.2 Å². The van der Waals surface area contributed by atoms with Crippen LogP contribution in [0.2, 0.25) is 0 Å². The van der Waals surface area contributed by atoms with Gasteiger partial charge in [0.25, 0.3) is 0 Å². The van der Waals surface area contributed by atoms with Crippen molar-refractivity contribution >= 4 is 52.9 Å². The number of methoxy groups -OCH3 is 3. The first-order valence-corrected chi connectivity index (χ1v) is 24.5. The largest absolute Gasteiger partial charge is 0.464 e. The maximum absolute atomic E-state index is 12.4. The van der Waals surface area contributed by atoms with E-state index in [-0.39, 0.29) is 81.6 Å². The molecule has 2 atom stereocenters. The van der Waals surface area contributed by atoms with E-state index in [0.717, 1.165) is 29.9 Å². The van der Waals surface area contributed by atoms with Gasteiger partial charge in [0, 0.05) is 58.0 Å². The molecule has 2 fully saturated rings. The molecular formula is C53H75N3O15. The smallest absolute Gasteiger partial charge is 0.309 e. The van der Waals surface area contributed by atoms with Crippen LogP contribution in [0.15, 0.2) is 91.0 Å². The molecule has 0 heterocycles. The SMILES string of the molecule is COCCOC(=O)C1CCC(C(=O)OCCNc2ccccc2)CC1.COCCOC(=O)C1CCCCC1C(=O)OCCNc1ccccc1.COCCOC(=O)CCC(=O)OCCNc1ccccc1. The van der Waals surface area contributed by atoms with E-state index in [2.05, 4.69) is 16.0 Å². The van der Waals surface area contributed by atoms with Crippen LogP contribution in [0.1, 0.15) is 64.2 Å². The highest BCUT2D eigenvalue weighted by Gasteiger charge is 2.38. The summed E-state index contributed by atoms with van der Waals surface area (Å²) in [7, 11) is 4.65. The number of hydrogen-bond acceptors (Lipinski definition) is 18. The number of hydrogen-bond donors (Lipinski definition) is 3. The number of rotatable bonds is 28. The lowest BCUT2D eigenvalue weighted by Gasteiger charge is -2.28.